The lowest BCUT2D eigenvalue weighted by molar-refractivity contribution is -0.346. The van der Waals surface area contributed by atoms with Gasteiger partial charge in [0.2, 0.25) is 0 Å². The van der Waals surface area contributed by atoms with E-state index in [-0.39, 0.29) is 18.8 Å². The van der Waals surface area contributed by atoms with Crippen molar-refractivity contribution in [3.05, 3.63) is 0 Å². The molecule has 4 aliphatic carbocycles. The molecule has 5 rings (SSSR count). The van der Waals surface area contributed by atoms with Gasteiger partial charge in [0.05, 0.1) is 5.41 Å². The molecule has 2 unspecified atom stereocenters. The maximum Gasteiger partial charge on any atom is 0.335 e. The predicted octanol–water partition coefficient (Wildman–Crippen LogP) is 4.02. The number of hydrogen-bond acceptors (Lipinski definition) is 4. The standard InChI is InChI=1S/C18H22F6O4/c1-14(19,20)7-26-13(25)15-4-10-2-11(5-15)18(12(3-10)6-15)27-8-16(21,22)17(23,24)9-28-18/h10-12H,2-9H2,1H3. The fraction of sp³-hybridized carbons (Fsp3) is 0.944. The van der Waals surface area contributed by atoms with Gasteiger partial charge in [-0.05, 0) is 38.0 Å². The van der Waals surface area contributed by atoms with E-state index in [1.54, 1.807) is 0 Å². The molecule has 28 heavy (non-hydrogen) atoms. The molecule has 0 radical (unpaired) electrons. The fourth-order valence-corrected chi connectivity index (χ4v) is 5.65. The van der Waals surface area contributed by atoms with Gasteiger partial charge in [-0.25, -0.2) is 8.78 Å². The number of rotatable bonds is 3. The quantitative estimate of drug-likeness (QED) is 0.515. The highest BCUT2D eigenvalue weighted by atomic mass is 19.3. The molecular formula is C18H22F6O4. The van der Waals surface area contributed by atoms with Crippen LogP contribution < -0.4 is 0 Å². The van der Waals surface area contributed by atoms with Gasteiger partial charge in [0.25, 0.3) is 5.92 Å². The van der Waals surface area contributed by atoms with Gasteiger partial charge in [-0.15, -0.1) is 0 Å². The second-order valence-electron chi connectivity index (χ2n) is 8.98. The van der Waals surface area contributed by atoms with Gasteiger partial charge in [-0.2, -0.15) is 17.6 Å². The third-order valence-corrected chi connectivity index (χ3v) is 6.71. The lowest BCUT2D eigenvalue weighted by Crippen LogP contribution is -2.65. The van der Waals surface area contributed by atoms with E-state index in [1.165, 1.54) is 0 Å². The Morgan fingerprint density at radius 2 is 1.50 bits per heavy atom. The van der Waals surface area contributed by atoms with Crippen LogP contribution in [0.5, 0.6) is 0 Å². The Morgan fingerprint density at radius 1 is 1.00 bits per heavy atom. The maximum atomic E-state index is 13.8. The Hall–Kier alpha value is -1.03. The Morgan fingerprint density at radius 3 is 1.96 bits per heavy atom. The summed E-state index contributed by atoms with van der Waals surface area (Å²) in [6.07, 6.45) is 1.70. The summed E-state index contributed by atoms with van der Waals surface area (Å²) in [4.78, 5) is 12.6. The molecule has 0 aromatic heterocycles. The highest BCUT2D eigenvalue weighted by molar-refractivity contribution is 5.77. The third kappa shape index (κ3) is 3.02. The van der Waals surface area contributed by atoms with Crippen molar-refractivity contribution in [3.63, 3.8) is 0 Å². The van der Waals surface area contributed by atoms with E-state index < -0.39 is 66.6 Å². The second kappa shape index (κ2) is 6.00. The molecule has 0 N–H and O–H groups in total. The molecule has 0 aromatic rings. The summed E-state index contributed by atoms with van der Waals surface area (Å²) in [6.45, 7) is -3.32. The smallest absolute Gasteiger partial charge is 0.335 e. The predicted molar refractivity (Wildman–Crippen MR) is 82.1 cm³/mol. The number of ether oxygens (including phenoxy) is 3. The first-order valence-corrected chi connectivity index (χ1v) is 9.37. The average molecular weight is 416 g/mol. The van der Waals surface area contributed by atoms with Crippen molar-refractivity contribution in [1.29, 1.82) is 0 Å². The van der Waals surface area contributed by atoms with Crippen molar-refractivity contribution in [2.45, 2.75) is 62.6 Å². The second-order valence-corrected chi connectivity index (χ2v) is 8.98. The lowest BCUT2D eigenvalue weighted by atomic mass is 9.47. The van der Waals surface area contributed by atoms with Crippen LogP contribution in [0.25, 0.3) is 0 Å². The van der Waals surface area contributed by atoms with Gasteiger partial charge >= 0.3 is 17.8 Å². The van der Waals surface area contributed by atoms with Gasteiger partial charge in [0.15, 0.2) is 12.4 Å². The summed E-state index contributed by atoms with van der Waals surface area (Å²) in [5.41, 5.74) is -1.02. The lowest BCUT2D eigenvalue weighted by Gasteiger charge is -2.62. The van der Waals surface area contributed by atoms with Crippen molar-refractivity contribution in [3.8, 4) is 0 Å². The van der Waals surface area contributed by atoms with Gasteiger partial charge in [0, 0.05) is 18.8 Å². The number of hydrogen-bond donors (Lipinski definition) is 0. The molecule has 4 nitrogen and oxygen atoms in total. The van der Waals surface area contributed by atoms with Crippen LogP contribution in [0.15, 0.2) is 0 Å². The SMILES string of the molecule is CC(F)(F)COC(=O)C12CC3CC(C1)C1(OCC(F)(F)C(F)(F)CO1)C(C3)C2. The molecule has 0 amide bonds. The van der Waals surface area contributed by atoms with E-state index in [4.69, 9.17) is 14.2 Å². The Balaban J connectivity index is 1.56. The minimum Gasteiger partial charge on any atom is -0.459 e. The molecule has 1 spiro atoms. The van der Waals surface area contributed by atoms with Gasteiger partial charge in [-0.3, -0.25) is 4.79 Å². The zero-order chi connectivity index (χ0) is 20.6. The summed E-state index contributed by atoms with van der Waals surface area (Å²) < 4.78 is 96.7. The van der Waals surface area contributed by atoms with E-state index in [0.717, 1.165) is 0 Å². The van der Waals surface area contributed by atoms with Crippen LogP contribution in [0.3, 0.4) is 0 Å². The van der Waals surface area contributed by atoms with Gasteiger partial charge in [0.1, 0.15) is 13.2 Å². The zero-order valence-electron chi connectivity index (χ0n) is 15.3. The largest absolute Gasteiger partial charge is 0.459 e. The van der Waals surface area contributed by atoms with Crippen molar-refractivity contribution < 1.29 is 45.3 Å². The van der Waals surface area contributed by atoms with Crippen LogP contribution in [-0.4, -0.2) is 49.3 Å². The van der Waals surface area contributed by atoms with Crippen molar-refractivity contribution in [2.24, 2.45) is 23.2 Å². The molecule has 2 atom stereocenters. The number of halogens is 6. The highest BCUT2D eigenvalue weighted by Gasteiger charge is 2.70. The van der Waals surface area contributed by atoms with E-state index in [0.29, 0.717) is 26.2 Å². The first-order valence-electron chi connectivity index (χ1n) is 9.37. The number of alkyl halides is 6. The van der Waals surface area contributed by atoms with Crippen LogP contribution in [0.2, 0.25) is 0 Å². The molecule has 5 aliphatic rings. The van der Waals surface area contributed by atoms with E-state index in [1.807, 2.05) is 0 Å². The van der Waals surface area contributed by atoms with Crippen molar-refractivity contribution in [1.82, 2.24) is 0 Å². The fourth-order valence-electron chi connectivity index (χ4n) is 5.65. The Bertz CT molecular complexity index is 625. The summed E-state index contributed by atoms with van der Waals surface area (Å²) >= 11 is 0. The van der Waals surface area contributed by atoms with E-state index in [2.05, 4.69) is 0 Å². The molecular weight excluding hydrogens is 394 g/mol. The average Bonchev–Trinajstić information content (AvgIpc) is 2.66. The third-order valence-electron chi connectivity index (χ3n) is 6.71. The minimum absolute atomic E-state index is 0.0503. The van der Waals surface area contributed by atoms with Crippen LogP contribution in [0, 0.1) is 23.2 Å². The molecule has 1 heterocycles. The molecule has 0 aromatic carbocycles. The Kier molecular flexibility index (Phi) is 4.34. The molecule has 5 fully saturated rings. The molecule has 4 bridgehead atoms. The molecule has 4 saturated carbocycles. The van der Waals surface area contributed by atoms with Gasteiger partial charge < -0.3 is 14.2 Å². The molecule has 1 aliphatic heterocycles. The summed E-state index contributed by atoms with van der Waals surface area (Å²) in [7, 11) is 0. The maximum absolute atomic E-state index is 13.8. The number of esters is 1. The molecule has 10 heteroatoms. The van der Waals surface area contributed by atoms with Gasteiger partial charge in [-0.1, -0.05) is 0 Å². The van der Waals surface area contributed by atoms with E-state index in [9.17, 15) is 31.1 Å². The molecule has 160 valence electrons. The van der Waals surface area contributed by atoms with E-state index >= 15 is 0 Å². The summed E-state index contributed by atoms with van der Waals surface area (Å²) in [5.74, 6) is -15.2. The topological polar surface area (TPSA) is 44.8 Å². The normalized spacial score (nSPS) is 40.3. The first kappa shape index (κ1) is 20.3. The Labute approximate surface area is 157 Å². The highest BCUT2D eigenvalue weighted by Crippen LogP contribution is 2.66. The van der Waals surface area contributed by atoms with Crippen LogP contribution in [0.1, 0.15) is 39.0 Å². The van der Waals surface area contributed by atoms with Crippen molar-refractivity contribution >= 4 is 5.97 Å². The number of carbonyl (C=O) groups excluding carboxylic acids is 1. The summed E-state index contributed by atoms with van der Waals surface area (Å²) in [6, 6.07) is 0. The monoisotopic (exact) mass is 416 g/mol. The zero-order valence-corrected chi connectivity index (χ0v) is 15.3. The van der Waals surface area contributed by atoms with Crippen LogP contribution in [0.4, 0.5) is 26.3 Å². The summed E-state index contributed by atoms with van der Waals surface area (Å²) in [5, 5.41) is 0. The molecule has 1 saturated heterocycles. The van der Waals surface area contributed by atoms with Crippen LogP contribution in [-0.2, 0) is 19.0 Å². The van der Waals surface area contributed by atoms with Crippen LogP contribution >= 0.6 is 0 Å². The number of carbonyl (C=O) groups is 1. The van der Waals surface area contributed by atoms with Crippen molar-refractivity contribution in [2.75, 3.05) is 19.8 Å². The minimum atomic E-state index is -4.35. The first-order chi connectivity index (χ1) is 12.8.